The molecule has 10 aromatic rings. The van der Waals surface area contributed by atoms with E-state index in [1.807, 2.05) is 151 Å². The third-order valence-corrected chi connectivity index (χ3v) is 11.9. The average molecular weight is 891 g/mol. The fraction of sp³-hybridized carbons (Fsp3) is 0.0980. The summed E-state index contributed by atoms with van der Waals surface area (Å²) < 4.78 is 14.1. The van der Waals surface area contributed by atoms with Gasteiger partial charge in [-0.05, 0) is 82.9 Å². The number of carbonyl (C=O) groups excluding carboxylic acids is 2. The number of ether oxygens (including phenoxy) is 2. The van der Waals surface area contributed by atoms with Gasteiger partial charge in [0.2, 0.25) is 11.8 Å². The normalized spacial score (nSPS) is 12.1. The largest absolute Gasteiger partial charge is 0.489 e. The van der Waals surface area contributed by atoms with Crippen molar-refractivity contribution in [3.63, 3.8) is 0 Å². The summed E-state index contributed by atoms with van der Waals surface area (Å²) in [5.41, 5.74) is 5.87. The lowest BCUT2D eigenvalue weighted by Crippen LogP contribution is -2.34. The van der Waals surface area contributed by atoms with E-state index >= 15 is 9.59 Å². The molecule has 2 unspecified atom stereocenters. The predicted molar refractivity (Wildman–Crippen MR) is 256 cm³/mol. The second-order valence-electron chi connectivity index (χ2n) is 15.5. The lowest BCUT2D eigenvalue weighted by Gasteiger charge is -2.27. The Morgan fingerprint density at radius 1 is 0.636 bits per heavy atom. The van der Waals surface area contributed by atoms with Gasteiger partial charge in [-0.1, -0.05) is 84.9 Å². The van der Waals surface area contributed by atoms with Gasteiger partial charge in [0.25, 0.3) is 0 Å². The van der Waals surface area contributed by atoms with Crippen molar-refractivity contribution < 1.29 is 19.1 Å². The quantitative estimate of drug-likeness (QED) is 0.0596. The Morgan fingerprint density at radius 2 is 1.20 bits per heavy atom. The minimum atomic E-state index is -1.04. The van der Waals surface area contributed by atoms with E-state index in [1.54, 1.807) is 40.8 Å². The summed E-state index contributed by atoms with van der Waals surface area (Å²) in [5, 5.41) is 29.2. The van der Waals surface area contributed by atoms with Crippen LogP contribution in [0.5, 0.6) is 11.5 Å². The van der Waals surface area contributed by atoms with Crippen LogP contribution in [0, 0.1) is 0 Å². The standard InChI is InChI=1S/C51H42N10O4S/c62-50(55-37-15-21-43-41(27-37)48(59-57-43)54-29-45-53-24-26-66-45)46(35-11-17-39(18-12-35)64-30-33-7-3-1-4-8-33)47(36-13-19-40(20-14-36)65-31-34-9-5-2-6-10-34)51(63)56-38-16-22-44-42(28-38)49(60-58-44)61-25-23-52-32-61/h1-28,32,46-47H,29-31H2,(H,55,62)(H,56,63)(H,58,60)(H2,54,57,59). The number of benzene rings is 6. The number of nitrogens with one attached hydrogen (secondary N) is 5. The molecule has 0 radical (unpaired) electrons. The first-order valence-corrected chi connectivity index (χ1v) is 22.1. The van der Waals surface area contributed by atoms with Crippen LogP contribution in [0.25, 0.3) is 27.6 Å². The third-order valence-electron chi connectivity index (χ3n) is 11.2. The van der Waals surface area contributed by atoms with Gasteiger partial charge in [0.05, 0.1) is 29.4 Å². The van der Waals surface area contributed by atoms with Gasteiger partial charge in [0, 0.05) is 46.1 Å². The molecule has 0 aliphatic rings. The molecule has 2 amide bonds. The maximum absolute atomic E-state index is 15.1. The summed E-state index contributed by atoms with van der Waals surface area (Å²) in [5.74, 6) is -0.382. The number of rotatable bonds is 17. The van der Waals surface area contributed by atoms with Gasteiger partial charge in [-0.15, -0.1) is 11.3 Å². The van der Waals surface area contributed by atoms with Gasteiger partial charge in [-0.3, -0.25) is 24.4 Å². The summed E-state index contributed by atoms with van der Waals surface area (Å²) in [6.45, 7) is 1.23. The first-order valence-electron chi connectivity index (χ1n) is 21.2. The summed E-state index contributed by atoms with van der Waals surface area (Å²) in [6.07, 6.45) is 6.90. The van der Waals surface area contributed by atoms with Crippen LogP contribution in [0.2, 0.25) is 0 Å². The number of carbonyl (C=O) groups is 2. The van der Waals surface area contributed by atoms with E-state index in [2.05, 4.69) is 46.3 Å². The Hall–Kier alpha value is -8.56. The van der Waals surface area contributed by atoms with Crippen molar-refractivity contribution in [2.75, 3.05) is 16.0 Å². The fourth-order valence-electron chi connectivity index (χ4n) is 7.84. The minimum Gasteiger partial charge on any atom is -0.489 e. The van der Waals surface area contributed by atoms with E-state index < -0.39 is 23.7 Å². The second-order valence-corrected chi connectivity index (χ2v) is 16.5. The Balaban J connectivity index is 1.01. The molecule has 14 nitrogen and oxygen atoms in total. The molecule has 15 heteroatoms. The lowest BCUT2D eigenvalue weighted by atomic mass is 9.79. The van der Waals surface area contributed by atoms with E-state index in [4.69, 9.17) is 9.47 Å². The van der Waals surface area contributed by atoms with Gasteiger partial charge < -0.3 is 25.4 Å². The van der Waals surface area contributed by atoms with Gasteiger partial charge in [-0.25, -0.2) is 9.97 Å². The molecule has 0 bridgehead atoms. The first kappa shape index (κ1) is 41.5. The van der Waals surface area contributed by atoms with Crippen LogP contribution in [-0.4, -0.2) is 46.7 Å². The predicted octanol–water partition coefficient (Wildman–Crippen LogP) is 10.00. The highest BCUT2D eigenvalue weighted by Crippen LogP contribution is 2.38. The Morgan fingerprint density at radius 3 is 1.74 bits per heavy atom. The van der Waals surface area contributed by atoms with Gasteiger partial charge in [-0.2, -0.15) is 10.2 Å². The molecule has 0 fully saturated rings. The Labute approximate surface area is 382 Å². The van der Waals surface area contributed by atoms with Crippen molar-refractivity contribution in [1.82, 2.24) is 34.9 Å². The van der Waals surface area contributed by atoms with Crippen LogP contribution < -0.4 is 25.4 Å². The lowest BCUT2D eigenvalue weighted by molar-refractivity contribution is -0.124. The molecule has 66 heavy (non-hydrogen) atoms. The second kappa shape index (κ2) is 19.0. The van der Waals surface area contributed by atoms with Gasteiger partial charge >= 0.3 is 0 Å². The number of aromatic amines is 2. The highest BCUT2D eigenvalue weighted by molar-refractivity contribution is 7.09. The van der Waals surface area contributed by atoms with Gasteiger partial charge in [0.1, 0.15) is 36.0 Å². The highest BCUT2D eigenvalue weighted by atomic mass is 32.1. The van der Waals surface area contributed by atoms with Crippen molar-refractivity contribution in [2.45, 2.75) is 31.6 Å². The molecule has 0 aliphatic heterocycles. The molecule has 6 aromatic carbocycles. The molecule has 10 rings (SSSR count). The highest BCUT2D eigenvalue weighted by Gasteiger charge is 2.37. The topological polar surface area (TPSA) is 177 Å². The zero-order chi connectivity index (χ0) is 44.7. The monoisotopic (exact) mass is 890 g/mol. The van der Waals surface area contributed by atoms with Crippen LogP contribution in [0.4, 0.5) is 17.2 Å². The smallest absolute Gasteiger partial charge is 0.233 e. The molecule has 0 aliphatic carbocycles. The SMILES string of the molecule is O=C(Nc1ccc2[nH]nc(NCc3nccs3)c2c1)C(c1ccc(OCc2ccccc2)cc1)C(C(=O)Nc1ccc2[nH]nc(-n3ccnc3)c2c1)c1ccc(OCc2ccccc2)cc1. The molecule has 4 heterocycles. The number of fused-ring (bicyclic) bond motifs is 2. The first-order chi connectivity index (χ1) is 32.5. The number of thiazole rings is 1. The summed E-state index contributed by atoms with van der Waals surface area (Å²) in [7, 11) is 0. The molecular weight excluding hydrogens is 849 g/mol. The molecule has 0 saturated carbocycles. The van der Waals surface area contributed by atoms with Crippen LogP contribution in [0.1, 0.15) is 39.1 Å². The third kappa shape index (κ3) is 9.37. The summed E-state index contributed by atoms with van der Waals surface area (Å²) in [6, 6.07) is 45.5. The number of amides is 2. The van der Waals surface area contributed by atoms with E-state index in [0.29, 0.717) is 65.4 Å². The summed E-state index contributed by atoms with van der Waals surface area (Å²) >= 11 is 1.55. The van der Waals surface area contributed by atoms with E-state index in [9.17, 15) is 0 Å². The van der Waals surface area contributed by atoms with Gasteiger partial charge in [0.15, 0.2) is 11.6 Å². The maximum atomic E-state index is 15.1. The number of imidazole rings is 1. The molecule has 326 valence electrons. The van der Waals surface area contributed by atoms with E-state index in [-0.39, 0.29) is 0 Å². The van der Waals surface area contributed by atoms with Crippen LogP contribution in [0.3, 0.4) is 0 Å². The number of H-pyrrole nitrogens is 2. The van der Waals surface area contributed by atoms with E-state index in [1.165, 1.54) is 0 Å². The molecule has 2 atom stereocenters. The zero-order valence-corrected chi connectivity index (χ0v) is 36.1. The van der Waals surface area contributed by atoms with Crippen molar-refractivity contribution in [2.24, 2.45) is 0 Å². The van der Waals surface area contributed by atoms with Crippen LogP contribution in [0.15, 0.2) is 176 Å². The Bertz CT molecular complexity index is 3190. The van der Waals surface area contributed by atoms with Crippen molar-refractivity contribution in [1.29, 1.82) is 0 Å². The minimum absolute atomic E-state index is 0.370. The Kier molecular flexibility index (Phi) is 12.0. The number of hydrogen-bond donors (Lipinski definition) is 5. The van der Waals surface area contributed by atoms with Crippen molar-refractivity contribution in [3.8, 4) is 17.3 Å². The maximum Gasteiger partial charge on any atom is 0.233 e. The van der Waals surface area contributed by atoms with Crippen LogP contribution in [-0.2, 0) is 29.3 Å². The molecule has 0 spiro atoms. The number of aromatic nitrogens is 7. The fourth-order valence-corrected chi connectivity index (χ4v) is 8.40. The van der Waals surface area contributed by atoms with Crippen LogP contribution >= 0.6 is 11.3 Å². The molecule has 0 saturated heterocycles. The molecule has 5 N–H and O–H groups in total. The molecule has 4 aromatic heterocycles. The summed E-state index contributed by atoms with van der Waals surface area (Å²) in [4.78, 5) is 38.8. The number of anilines is 3. The zero-order valence-electron chi connectivity index (χ0n) is 35.3. The van der Waals surface area contributed by atoms with E-state index in [0.717, 1.165) is 37.9 Å². The number of hydrogen-bond acceptors (Lipinski definition) is 10. The number of nitrogens with zero attached hydrogens (tertiary/aromatic N) is 5. The average Bonchev–Trinajstić information content (AvgIpc) is 4.21. The van der Waals surface area contributed by atoms with Crippen molar-refractivity contribution >= 4 is 62.1 Å². The van der Waals surface area contributed by atoms with Crippen molar-refractivity contribution in [3.05, 3.63) is 203 Å². The molecular formula is C51H42N10O4S.